The quantitative estimate of drug-likeness (QED) is 0.157. The lowest BCUT2D eigenvalue weighted by molar-refractivity contribution is -0.0907. The molecule has 0 aromatic heterocycles. The lowest BCUT2D eigenvalue weighted by Gasteiger charge is -2.31. The first-order valence-electron chi connectivity index (χ1n) is 15.2. The van der Waals surface area contributed by atoms with E-state index in [1.165, 1.54) is 16.4 Å². The van der Waals surface area contributed by atoms with Gasteiger partial charge in [0.25, 0.3) is 0 Å². The first-order valence-corrected chi connectivity index (χ1v) is 18.2. The molecule has 0 saturated carbocycles. The average molecular weight is 761 g/mol. The number of aliphatic hydroxyl groups is 1. The number of rotatable bonds is 15. The van der Waals surface area contributed by atoms with E-state index < -0.39 is 34.4 Å². The van der Waals surface area contributed by atoms with Crippen LogP contribution in [0.25, 0.3) is 0 Å². The van der Waals surface area contributed by atoms with Gasteiger partial charge in [0.1, 0.15) is 11.9 Å². The van der Waals surface area contributed by atoms with Crippen LogP contribution in [-0.4, -0.2) is 92.6 Å². The summed E-state index contributed by atoms with van der Waals surface area (Å²) in [4.78, 5) is 13.2. The number of fused-ring (bicyclic) bond motifs is 2. The third-order valence-electron chi connectivity index (χ3n) is 7.88. The zero-order valence-corrected chi connectivity index (χ0v) is 28.4. The summed E-state index contributed by atoms with van der Waals surface area (Å²) >= 11 is 2.30. The first kappa shape index (κ1) is 34.0. The Morgan fingerprint density at radius 3 is 2.64 bits per heavy atom. The summed E-state index contributed by atoms with van der Waals surface area (Å²) in [5, 5.41) is 14.4. The molecule has 248 valence electrons. The second-order valence-corrected chi connectivity index (χ2v) is 14.8. The fourth-order valence-corrected chi connectivity index (χ4v) is 7.52. The number of nitrogens with zero attached hydrogens (tertiary/aromatic N) is 1. The largest absolute Gasteiger partial charge is 0.494 e. The van der Waals surface area contributed by atoms with Gasteiger partial charge in [-0.2, -0.15) is 4.31 Å². The molecule has 0 radical (unpaired) electrons. The maximum atomic E-state index is 13.9. The van der Waals surface area contributed by atoms with Crippen molar-refractivity contribution in [2.45, 2.75) is 62.5 Å². The van der Waals surface area contributed by atoms with Gasteiger partial charge in [0.2, 0.25) is 16.8 Å². The Morgan fingerprint density at radius 2 is 1.89 bits per heavy atom. The van der Waals surface area contributed by atoms with Crippen molar-refractivity contribution in [2.75, 3.05) is 44.1 Å². The second-order valence-electron chi connectivity index (χ2n) is 11.8. The number of sulfonamides is 1. The molecule has 2 aromatic rings. The molecule has 2 saturated heterocycles. The molecule has 0 aliphatic carbocycles. The Hall–Kier alpha value is -2.37. The van der Waals surface area contributed by atoms with Crippen LogP contribution in [0.1, 0.15) is 32.3 Å². The summed E-state index contributed by atoms with van der Waals surface area (Å²) in [5.74, 6) is 1.45. The Labute approximate surface area is 277 Å². The van der Waals surface area contributed by atoms with Crippen molar-refractivity contribution in [2.24, 2.45) is 11.8 Å². The zero-order chi connectivity index (χ0) is 32.0. The van der Waals surface area contributed by atoms with Gasteiger partial charge in [0.15, 0.2) is 17.8 Å². The van der Waals surface area contributed by atoms with Crippen LogP contribution in [0.15, 0.2) is 47.4 Å². The van der Waals surface area contributed by atoms with Gasteiger partial charge < -0.3 is 38.8 Å². The van der Waals surface area contributed by atoms with Crippen LogP contribution in [0.4, 0.5) is 4.79 Å². The molecule has 5 rings (SSSR count). The second kappa shape index (κ2) is 15.5. The van der Waals surface area contributed by atoms with Gasteiger partial charge in [-0.25, -0.2) is 13.2 Å². The minimum atomic E-state index is -4.05. The van der Waals surface area contributed by atoms with Crippen molar-refractivity contribution in [1.82, 2.24) is 9.62 Å². The molecular weight excluding hydrogens is 719 g/mol. The number of alkyl carbamates (subject to hydrolysis) is 1. The van der Waals surface area contributed by atoms with Crippen LogP contribution in [-0.2, 0) is 30.7 Å². The molecule has 14 heteroatoms. The van der Waals surface area contributed by atoms with Crippen LogP contribution in [0, 0.1) is 11.8 Å². The van der Waals surface area contributed by atoms with Crippen molar-refractivity contribution in [1.29, 1.82) is 0 Å². The number of hydrogen-bond donors (Lipinski definition) is 2. The summed E-state index contributed by atoms with van der Waals surface area (Å²) < 4.78 is 63.3. The summed E-state index contributed by atoms with van der Waals surface area (Å²) in [7, 11) is -4.05. The van der Waals surface area contributed by atoms with E-state index in [0.29, 0.717) is 24.7 Å². The average Bonchev–Trinajstić information content (AvgIpc) is 3.76. The summed E-state index contributed by atoms with van der Waals surface area (Å²) in [6, 6.07) is 11.0. The van der Waals surface area contributed by atoms with Gasteiger partial charge >= 0.3 is 6.09 Å². The molecule has 2 N–H and O–H groups in total. The molecule has 3 aliphatic heterocycles. The molecule has 3 heterocycles. The van der Waals surface area contributed by atoms with E-state index in [1.54, 1.807) is 6.07 Å². The molecule has 2 fully saturated rings. The molecule has 2 aromatic carbocycles. The smallest absolute Gasteiger partial charge is 0.407 e. The number of benzene rings is 2. The fourth-order valence-electron chi connectivity index (χ4n) is 5.57. The van der Waals surface area contributed by atoms with E-state index in [9.17, 15) is 18.3 Å². The summed E-state index contributed by atoms with van der Waals surface area (Å²) in [6.07, 6.45) is -0.964. The predicted molar refractivity (Wildman–Crippen MR) is 172 cm³/mol. The van der Waals surface area contributed by atoms with Crippen molar-refractivity contribution in [3.8, 4) is 17.2 Å². The van der Waals surface area contributed by atoms with Gasteiger partial charge in [0, 0.05) is 23.6 Å². The van der Waals surface area contributed by atoms with E-state index in [2.05, 4.69) is 27.9 Å². The minimum absolute atomic E-state index is 0.0175. The molecule has 45 heavy (non-hydrogen) atoms. The highest BCUT2D eigenvalue weighted by Crippen LogP contribution is 2.35. The molecule has 0 bridgehead atoms. The highest BCUT2D eigenvalue weighted by atomic mass is 127. The Kier molecular flexibility index (Phi) is 11.7. The van der Waals surface area contributed by atoms with Gasteiger partial charge in [-0.05, 0) is 55.0 Å². The lowest BCUT2D eigenvalue weighted by Crippen LogP contribution is -2.51. The topological polar surface area (TPSA) is 142 Å². The summed E-state index contributed by atoms with van der Waals surface area (Å²) in [6.45, 7) is 5.08. The van der Waals surface area contributed by atoms with Crippen LogP contribution >= 0.6 is 22.6 Å². The zero-order valence-electron chi connectivity index (χ0n) is 25.4. The van der Waals surface area contributed by atoms with E-state index in [-0.39, 0.29) is 55.9 Å². The molecule has 0 spiro atoms. The molecule has 1 amide bonds. The van der Waals surface area contributed by atoms with Crippen molar-refractivity contribution >= 4 is 38.7 Å². The van der Waals surface area contributed by atoms with Gasteiger partial charge in [-0.15, -0.1) is 0 Å². The molecule has 5 atom stereocenters. The number of carbonyl (C=O) groups is 1. The van der Waals surface area contributed by atoms with E-state index in [4.69, 9.17) is 28.4 Å². The Bertz CT molecular complexity index is 1390. The normalized spacial score (nSPS) is 22.0. The molecular formula is C31H41IN2O10S. The van der Waals surface area contributed by atoms with Gasteiger partial charge in [-0.3, -0.25) is 0 Å². The predicted octanol–water partition coefficient (Wildman–Crippen LogP) is 3.73. The summed E-state index contributed by atoms with van der Waals surface area (Å²) in [5.41, 5.74) is 0.822. The third-order valence-corrected chi connectivity index (χ3v) is 10.5. The van der Waals surface area contributed by atoms with Crippen LogP contribution in [0.5, 0.6) is 17.2 Å². The number of aliphatic hydroxyl groups excluding tert-OH is 1. The van der Waals surface area contributed by atoms with E-state index in [1.807, 2.05) is 38.1 Å². The van der Waals surface area contributed by atoms with Crippen LogP contribution < -0.4 is 19.5 Å². The standard InChI is InChI=1S/C31H41IN2O10S/c1-20(2)16-34(45(37,38)23-8-9-27-28(15-23)43-19-42-27)17-26(35)25(14-21-4-6-22(7-5-21)39-12-3-11-32)33-31(36)44-29-18-41-30-24(29)10-13-40-30/h4-9,15,20,24-26,29-30,35H,3,10-14,16-19H2,1-2H3,(H,33,36)/t24-,25-,26+,29-,30+/m0/s1. The van der Waals surface area contributed by atoms with Gasteiger partial charge in [-0.1, -0.05) is 48.6 Å². The monoisotopic (exact) mass is 760 g/mol. The van der Waals surface area contributed by atoms with Crippen molar-refractivity contribution < 1.29 is 46.7 Å². The number of halogens is 1. The minimum Gasteiger partial charge on any atom is -0.494 e. The maximum Gasteiger partial charge on any atom is 0.407 e. The van der Waals surface area contributed by atoms with Crippen LogP contribution in [0.3, 0.4) is 0 Å². The number of alkyl halides is 1. The number of nitrogens with one attached hydrogen (secondary N) is 1. The number of hydrogen-bond acceptors (Lipinski definition) is 10. The highest BCUT2D eigenvalue weighted by Gasteiger charge is 2.44. The van der Waals surface area contributed by atoms with Crippen molar-refractivity contribution in [3.63, 3.8) is 0 Å². The Morgan fingerprint density at radius 1 is 1.11 bits per heavy atom. The molecule has 3 aliphatic rings. The van der Waals surface area contributed by atoms with E-state index >= 15 is 0 Å². The number of ether oxygens (including phenoxy) is 6. The van der Waals surface area contributed by atoms with Crippen molar-refractivity contribution in [3.05, 3.63) is 48.0 Å². The molecule has 0 unspecified atom stereocenters. The highest BCUT2D eigenvalue weighted by molar-refractivity contribution is 14.1. The molecule has 12 nitrogen and oxygen atoms in total. The third kappa shape index (κ3) is 8.71. The lowest BCUT2D eigenvalue weighted by atomic mass is 10.0. The number of carbonyl (C=O) groups excluding carboxylic acids is 1. The van der Waals surface area contributed by atoms with Gasteiger partial charge in [0.05, 0.1) is 42.8 Å². The number of amides is 1. The van der Waals surface area contributed by atoms with E-state index in [0.717, 1.165) is 28.6 Å². The Balaban J connectivity index is 1.33. The first-order chi connectivity index (χ1) is 21.6. The SMILES string of the molecule is CC(C)CN(C[C@@H](O)[C@H](Cc1ccc(OCCCI)cc1)NC(=O)O[C@H]1CO[C@H]2OCC[C@H]21)S(=O)(=O)c1ccc2c(c1)OCO2. The maximum absolute atomic E-state index is 13.9. The fraction of sp³-hybridized carbons (Fsp3) is 0.581. The van der Waals surface area contributed by atoms with Crippen LogP contribution in [0.2, 0.25) is 0 Å².